The SMILES string of the molecule is CC(CCCNC(=O)OCc1ccccc1)C(N)=O. The molecule has 1 atom stereocenters. The summed E-state index contributed by atoms with van der Waals surface area (Å²) in [6, 6.07) is 9.47. The van der Waals surface area contributed by atoms with Crippen LogP contribution in [0.25, 0.3) is 0 Å². The first kappa shape index (κ1) is 15.0. The van der Waals surface area contributed by atoms with E-state index in [9.17, 15) is 9.59 Å². The molecule has 5 nitrogen and oxygen atoms in total. The minimum atomic E-state index is -0.449. The smallest absolute Gasteiger partial charge is 0.407 e. The number of primary amides is 1. The van der Waals surface area contributed by atoms with Crippen LogP contribution in [0.1, 0.15) is 25.3 Å². The molecule has 1 unspecified atom stereocenters. The lowest BCUT2D eigenvalue weighted by molar-refractivity contribution is -0.121. The maximum absolute atomic E-state index is 11.4. The van der Waals surface area contributed by atoms with Gasteiger partial charge >= 0.3 is 6.09 Å². The van der Waals surface area contributed by atoms with Crippen LogP contribution >= 0.6 is 0 Å². The van der Waals surface area contributed by atoms with E-state index in [-0.39, 0.29) is 18.4 Å². The first-order chi connectivity index (χ1) is 9.09. The average Bonchev–Trinajstić information content (AvgIpc) is 2.42. The predicted octanol–water partition coefficient (Wildman–Crippen LogP) is 1.81. The monoisotopic (exact) mass is 264 g/mol. The van der Waals surface area contributed by atoms with E-state index in [1.807, 2.05) is 30.3 Å². The van der Waals surface area contributed by atoms with E-state index in [0.29, 0.717) is 19.4 Å². The van der Waals surface area contributed by atoms with Gasteiger partial charge in [0.05, 0.1) is 0 Å². The molecule has 0 aliphatic carbocycles. The van der Waals surface area contributed by atoms with Crippen LogP contribution in [0.3, 0.4) is 0 Å². The van der Waals surface area contributed by atoms with Gasteiger partial charge in [-0.2, -0.15) is 0 Å². The predicted molar refractivity (Wildman–Crippen MR) is 72.2 cm³/mol. The Bertz CT molecular complexity index is 406. The highest BCUT2D eigenvalue weighted by atomic mass is 16.5. The summed E-state index contributed by atoms with van der Waals surface area (Å²) < 4.78 is 5.04. The Morgan fingerprint density at radius 3 is 2.63 bits per heavy atom. The van der Waals surface area contributed by atoms with Crippen molar-refractivity contribution in [3.05, 3.63) is 35.9 Å². The second-order valence-corrected chi connectivity index (χ2v) is 4.43. The van der Waals surface area contributed by atoms with Crippen LogP contribution in [0.15, 0.2) is 30.3 Å². The highest BCUT2D eigenvalue weighted by Gasteiger charge is 2.08. The molecule has 2 amide bonds. The summed E-state index contributed by atoms with van der Waals surface area (Å²) in [7, 11) is 0. The maximum atomic E-state index is 11.4. The van der Waals surface area contributed by atoms with Crippen molar-refractivity contribution in [2.45, 2.75) is 26.4 Å². The summed E-state index contributed by atoms with van der Waals surface area (Å²) in [6.45, 7) is 2.51. The minimum Gasteiger partial charge on any atom is -0.445 e. The zero-order chi connectivity index (χ0) is 14.1. The van der Waals surface area contributed by atoms with Gasteiger partial charge in [0, 0.05) is 12.5 Å². The van der Waals surface area contributed by atoms with Gasteiger partial charge in [-0.3, -0.25) is 4.79 Å². The van der Waals surface area contributed by atoms with Crippen LogP contribution < -0.4 is 11.1 Å². The quantitative estimate of drug-likeness (QED) is 0.737. The van der Waals surface area contributed by atoms with Gasteiger partial charge in [0.2, 0.25) is 5.91 Å². The van der Waals surface area contributed by atoms with E-state index in [0.717, 1.165) is 5.56 Å². The Kier molecular flexibility index (Phi) is 6.43. The number of benzene rings is 1. The van der Waals surface area contributed by atoms with E-state index in [1.165, 1.54) is 0 Å². The highest BCUT2D eigenvalue weighted by molar-refractivity contribution is 5.76. The topological polar surface area (TPSA) is 81.4 Å². The van der Waals surface area contributed by atoms with Crippen molar-refractivity contribution >= 4 is 12.0 Å². The van der Waals surface area contributed by atoms with Gasteiger partial charge in [0.1, 0.15) is 6.61 Å². The second kappa shape index (κ2) is 8.13. The molecule has 3 N–H and O–H groups in total. The van der Waals surface area contributed by atoms with Gasteiger partial charge in [-0.05, 0) is 18.4 Å². The number of rotatable bonds is 7. The molecule has 1 aromatic rings. The van der Waals surface area contributed by atoms with Crippen molar-refractivity contribution in [3.8, 4) is 0 Å². The van der Waals surface area contributed by atoms with Crippen molar-refractivity contribution in [3.63, 3.8) is 0 Å². The fraction of sp³-hybridized carbons (Fsp3) is 0.429. The first-order valence-electron chi connectivity index (χ1n) is 6.33. The molecule has 1 rings (SSSR count). The highest BCUT2D eigenvalue weighted by Crippen LogP contribution is 2.03. The third-order valence-electron chi connectivity index (χ3n) is 2.78. The van der Waals surface area contributed by atoms with Gasteiger partial charge in [0.25, 0.3) is 0 Å². The van der Waals surface area contributed by atoms with Crippen molar-refractivity contribution in [2.24, 2.45) is 11.7 Å². The largest absolute Gasteiger partial charge is 0.445 e. The molecule has 0 aliphatic heterocycles. The molecular formula is C14H20N2O3. The first-order valence-corrected chi connectivity index (χ1v) is 6.33. The summed E-state index contributed by atoms with van der Waals surface area (Å²) in [6.07, 6.45) is 0.911. The molecule has 5 heteroatoms. The molecule has 0 aromatic heterocycles. The fourth-order valence-corrected chi connectivity index (χ4v) is 1.52. The molecule has 19 heavy (non-hydrogen) atoms. The van der Waals surface area contributed by atoms with E-state index in [4.69, 9.17) is 10.5 Å². The lowest BCUT2D eigenvalue weighted by atomic mass is 10.1. The van der Waals surface area contributed by atoms with Gasteiger partial charge < -0.3 is 15.8 Å². The number of nitrogens with one attached hydrogen (secondary N) is 1. The third kappa shape index (κ3) is 6.45. The van der Waals surface area contributed by atoms with Crippen molar-refractivity contribution in [2.75, 3.05) is 6.54 Å². The molecule has 1 aromatic carbocycles. The van der Waals surface area contributed by atoms with Gasteiger partial charge in [-0.1, -0.05) is 37.3 Å². The number of amides is 2. The zero-order valence-electron chi connectivity index (χ0n) is 11.1. The van der Waals surface area contributed by atoms with Crippen LogP contribution in [0.4, 0.5) is 4.79 Å². The van der Waals surface area contributed by atoms with Crippen LogP contribution in [-0.4, -0.2) is 18.5 Å². The lowest BCUT2D eigenvalue weighted by Crippen LogP contribution is -2.26. The number of hydrogen-bond donors (Lipinski definition) is 2. The normalized spacial score (nSPS) is 11.6. The average molecular weight is 264 g/mol. The van der Waals surface area contributed by atoms with Gasteiger partial charge in [-0.15, -0.1) is 0 Å². The third-order valence-corrected chi connectivity index (χ3v) is 2.78. The summed E-state index contributed by atoms with van der Waals surface area (Å²) >= 11 is 0. The van der Waals surface area contributed by atoms with Crippen LogP contribution in [0.2, 0.25) is 0 Å². The molecule has 0 saturated carbocycles. The Morgan fingerprint density at radius 1 is 1.32 bits per heavy atom. The number of ether oxygens (including phenoxy) is 1. The molecule has 0 spiro atoms. The number of hydrogen-bond acceptors (Lipinski definition) is 3. The molecular weight excluding hydrogens is 244 g/mol. The Balaban J connectivity index is 2.10. The molecule has 0 bridgehead atoms. The number of carbonyl (C=O) groups excluding carboxylic acids is 2. The number of alkyl carbamates (subject to hydrolysis) is 1. The summed E-state index contributed by atoms with van der Waals surface area (Å²) in [5.74, 6) is -0.478. The zero-order valence-corrected chi connectivity index (χ0v) is 11.1. The van der Waals surface area contributed by atoms with E-state index in [2.05, 4.69) is 5.32 Å². The van der Waals surface area contributed by atoms with Crippen molar-refractivity contribution < 1.29 is 14.3 Å². The van der Waals surface area contributed by atoms with Gasteiger partial charge in [0.15, 0.2) is 0 Å². The molecule has 104 valence electrons. The second-order valence-electron chi connectivity index (χ2n) is 4.43. The number of nitrogens with two attached hydrogens (primary N) is 1. The van der Waals surface area contributed by atoms with E-state index >= 15 is 0 Å². The van der Waals surface area contributed by atoms with E-state index < -0.39 is 6.09 Å². The van der Waals surface area contributed by atoms with Crippen molar-refractivity contribution in [1.82, 2.24) is 5.32 Å². The van der Waals surface area contributed by atoms with E-state index in [1.54, 1.807) is 6.92 Å². The summed E-state index contributed by atoms with van der Waals surface area (Å²) in [5, 5.41) is 2.63. The Morgan fingerprint density at radius 2 is 2.00 bits per heavy atom. The van der Waals surface area contributed by atoms with Gasteiger partial charge in [-0.25, -0.2) is 4.79 Å². The Labute approximate surface area is 113 Å². The Hall–Kier alpha value is -2.04. The lowest BCUT2D eigenvalue weighted by Gasteiger charge is -2.08. The summed E-state index contributed by atoms with van der Waals surface area (Å²) in [5.41, 5.74) is 6.08. The van der Waals surface area contributed by atoms with Crippen molar-refractivity contribution in [1.29, 1.82) is 0 Å². The van der Waals surface area contributed by atoms with Crippen LogP contribution in [0.5, 0.6) is 0 Å². The molecule has 0 saturated heterocycles. The molecule has 0 radical (unpaired) electrons. The summed E-state index contributed by atoms with van der Waals surface area (Å²) in [4.78, 5) is 22.2. The molecule has 0 heterocycles. The standard InChI is InChI=1S/C14H20N2O3/c1-11(13(15)17)6-5-9-16-14(18)19-10-12-7-3-2-4-8-12/h2-4,7-8,11H,5-6,9-10H2,1H3,(H2,15,17)(H,16,18). The minimum absolute atomic E-state index is 0.165. The fourth-order valence-electron chi connectivity index (χ4n) is 1.52. The van der Waals surface area contributed by atoms with Crippen LogP contribution in [-0.2, 0) is 16.1 Å². The maximum Gasteiger partial charge on any atom is 0.407 e. The molecule has 0 fully saturated rings. The number of carbonyl (C=O) groups is 2. The molecule has 0 aliphatic rings. The van der Waals surface area contributed by atoms with Crippen LogP contribution in [0, 0.1) is 5.92 Å².